The first-order chi connectivity index (χ1) is 7.88. The van der Waals surface area contributed by atoms with Crippen molar-refractivity contribution in [2.75, 3.05) is 6.54 Å². The van der Waals surface area contributed by atoms with E-state index in [4.69, 9.17) is 10.5 Å². The Morgan fingerprint density at radius 3 is 3.06 bits per heavy atom. The van der Waals surface area contributed by atoms with Crippen molar-refractivity contribution >= 4 is 11.3 Å². The molecule has 1 aliphatic heterocycles. The van der Waals surface area contributed by atoms with Gasteiger partial charge in [-0.1, -0.05) is 18.2 Å². The maximum atomic E-state index is 5.89. The third-order valence-electron chi connectivity index (χ3n) is 2.92. The van der Waals surface area contributed by atoms with Crippen molar-refractivity contribution in [2.24, 2.45) is 5.73 Å². The van der Waals surface area contributed by atoms with Crippen LogP contribution in [0.4, 0.5) is 0 Å². The van der Waals surface area contributed by atoms with Crippen LogP contribution >= 0.6 is 11.3 Å². The molecular formula is C13H13NOS. The first-order valence-corrected chi connectivity index (χ1v) is 6.34. The van der Waals surface area contributed by atoms with E-state index in [9.17, 15) is 0 Å². The molecule has 2 heterocycles. The Balaban J connectivity index is 2.07. The molecule has 0 saturated heterocycles. The average molecular weight is 231 g/mol. The van der Waals surface area contributed by atoms with Crippen LogP contribution in [0, 0.1) is 0 Å². The highest BCUT2D eigenvalue weighted by Gasteiger charge is 2.24. The van der Waals surface area contributed by atoms with Gasteiger partial charge in [-0.3, -0.25) is 0 Å². The highest BCUT2D eigenvalue weighted by atomic mass is 32.1. The Bertz CT molecular complexity index is 493. The molecule has 1 aromatic heterocycles. The Hall–Kier alpha value is -1.32. The SMILES string of the molecule is NCC1Cc2cccc(-c3ccsc3)c2O1. The van der Waals surface area contributed by atoms with Gasteiger partial charge in [-0.2, -0.15) is 11.3 Å². The van der Waals surface area contributed by atoms with Gasteiger partial charge >= 0.3 is 0 Å². The first-order valence-electron chi connectivity index (χ1n) is 5.39. The summed E-state index contributed by atoms with van der Waals surface area (Å²) < 4.78 is 5.89. The molecule has 3 rings (SSSR count). The Labute approximate surface area is 98.7 Å². The molecule has 16 heavy (non-hydrogen) atoms. The molecule has 3 heteroatoms. The number of thiophene rings is 1. The summed E-state index contributed by atoms with van der Waals surface area (Å²) in [5.41, 5.74) is 9.36. The van der Waals surface area contributed by atoms with E-state index in [1.807, 2.05) is 0 Å². The van der Waals surface area contributed by atoms with Gasteiger partial charge in [0.2, 0.25) is 0 Å². The molecule has 0 amide bonds. The van der Waals surface area contributed by atoms with Crippen molar-refractivity contribution in [1.82, 2.24) is 0 Å². The lowest BCUT2D eigenvalue weighted by Gasteiger charge is -2.09. The fraction of sp³-hybridized carbons (Fsp3) is 0.231. The van der Waals surface area contributed by atoms with Gasteiger partial charge in [0.25, 0.3) is 0 Å². The van der Waals surface area contributed by atoms with Crippen LogP contribution in [0.2, 0.25) is 0 Å². The van der Waals surface area contributed by atoms with Crippen molar-refractivity contribution in [3.8, 4) is 16.9 Å². The second-order valence-corrected chi connectivity index (χ2v) is 4.77. The van der Waals surface area contributed by atoms with Gasteiger partial charge in [-0.05, 0) is 28.0 Å². The number of hydrogen-bond acceptors (Lipinski definition) is 3. The van der Waals surface area contributed by atoms with Crippen LogP contribution in [0.1, 0.15) is 5.56 Å². The summed E-state index contributed by atoms with van der Waals surface area (Å²) in [6.45, 7) is 0.581. The number of benzene rings is 1. The highest BCUT2D eigenvalue weighted by molar-refractivity contribution is 7.08. The average Bonchev–Trinajstić information content (AvgIpc) is 2.97. The molecule has 1 aromatic carbocycles. The fourth-order valence-corrected chi connectivity index (χ4v) is 2.77. The minimum atomic E-state index is 0.148. The standard InChI is InChI=1S/C13H13NOS/c14-7-11-6-9-2-1-3-12(13(9)15-11)10-4-5-16-8-10/h1-5,8,11H,6-7,14H2. The molecule has 2 nitrogen and oxygen atoms in total. The molecule has 82 valence electrons. The van der Waals surface area contributed by atoms with E-state index in [1.165, 1.54) is 16.7 Å². The third-order valence-corrected chi connectivity index (χ3v) is 3.61. The highest BCUT2D eigenvalue weighted by Crippen LogP contribution is 2.39. The van der Waals surface area contributed by atoms with Crippen LogP contribution in [0.3, 0.4) is 0 Å². The molecule has 1 unspecified atom stereocenters. The number of rotatable bonds is 2. The fourth-order valence-electron chi connectivity index (χ4n) is 2.11. The summed E-state index contributed by atoms with van der Waals surface area (Å²) >= 11 is 1.71. The van der Waals surface area contributed by atoms with Crippen molar-refractivity contribution in [3.05, 3.63) is 40.6 Å². The maximum absolute atomic E-state index is 5.89. The summed E-state index contributed by atoms with van der Waals surface area (Å²) in [6, 6.07) is 8.45. The predicted octanol–water partition coefficient (Wildman–Crippen LogP) is 2.68. The van der Waals surface area contributed by atoms with Gasteiger partial charge in [0.05, 0.1) is 0 Å². The monoisotopic (exact) mass is 231 g/mol. The number of ether oxygens (including phenoxy) is 1. The van der Waals surface area contributed by atoms with Crippen LogP contribution in [-0.2, 0) is 6.42 Å². The number of fused-ring (bicyclic) bond motifs is 1. The van der Waals surface area contributed by atoms with E-state index < -0.39 is 0 Å². The van der Waals surface area contributed by atoms with Gasteiger partial charge in [0.15, 0.2) is 0 Å². The summed E-state index contributed by atoms with van der Waals surface area (Å²) in [4.78, 5) is 0. The molecule has 0 bridgehead atoms. The zero-order valence-electron chi connectivity index (χ0n) is 8.85. The smallest absolute Gasteiger partial charge is 0.130 e. The second-order valence-electron chi connectivity index (χ2n) is 3.99. The summed E-state index contributed by atoms with van der Waals surface area (Å²) in [5.74, 6) is 1.02. The summed E-state index contributed by atoms with van der Waals surface area (Å²) in [5, 5.41) is 4.23. The molecule has 0 aliphatic carbocycles. The van der Waals surface area contributed by atoms with Crippen LogP contribution in [0.25, 0.3) is 11.1 Å². The molecular weight excluding hydrogens is 218 g/mol. The maximum Gasteiger partial charge on any atom is 0.130 e. The van der Waals surface area contributed by atoms with Gasteiger partial charge in [-0.25, -0.2) is 0 Å². The molecule has 1 aliphatic rings. The topological polar surface area (TPSA) is 35.2 Å². The molecule has 0 spiro atoms. The van der Waals surface area contributed by atoms with Gasteiger partial charge in [0.1, 0.15) is 11.9 Å². The van der Waals surface area contributed by atoms with Crippen LogP contribution in [-0.4, -0.2) is 12.6 Å². The molecule has 2 aromatic rings. The number of nitrogens with two attached hydrogens (primary N) is 1. The lowest BCUT2D eigenvalue weighted by Crippen LogP contribution is -2.24. The van der Waals surface area contributed by atoms with Gasteiger partial charge in [0, 0.05) is 18.5 Å². The molecule has 0 fully saturated rings. The summed E-state index contributed by atoms with van der Waals surface area (Å²) in [7, 11) is 0. The van der Waals surface area contributed by atoms with Crippen molar-refractivity contribution in [1.29, 1.82) is 0 Å². The Morgan fingerprint density at radius 1 is 1.38 bits per heavy atom. The van der Waals surface area contributed by atoms with Crippen LogP contribution < -0.4 is 10.5 Å². The Morgan fingerprint density at radius 2 is 2.31 bits per heavy atom. The van der Waals surface area contributed by atoms with Gasteiger partial charge in [-0.15, -0.1) is 0 Å². The zero-order valence-corrected chi connectivity index (χ0v) is 9.67. The minimum Gasteiger partial charge on any atom is -0.488 e. The molecule has 0 radical (unpaired) electrons. The zero-order chi connectivity index (χ0) is 11.0. The minimum absolute atomic E-state index is 0.148. The second kappa shape index (κ2) is 3.92. The van der Waals surface area contributed by atoms with Crippen LogP contribution in [0.15, 0.2) is 35.0 Å². The predicted molar refractivity (Wildman–Crippen MR) is 66.9 cm³/mol. The Kier molecular flexibility index (Phi) is 2.42. The molecule has 0 saturated carbocycles. The normalized spacial score (nSPS) is 18.2. The third kappa shape index (κ3) is 1.52. The van der Waals surface area contributed by atoms with E-state index in [0.29, 0.717) is 6.54 Å². The molecule has 2 N–H and O–H groups in total. The van der Waals surface area contributed by atoms with Crippen molar-refractivity contribution in [3.63, 3.8) is 0 Å². The van der Waals surface area contributed by atoms with Crippen molar-refractivity contribution in [2.45, 2.75) is 12.5 Å². The lowest BCUT2D eigenvalue weighted by atomic mass is 10.0. The van der Waals surface area contributed by atoms with E-state index in [1.54, 1.807) is 11.3 Å². The molecule has 1 atom stereocenters. The first kappa shape index (κ1) is 9.87. The van der Waals surface area contributed by atoms with Crippen molar-refractivity contribution < 1.29 is 4.74 Å². The number of hydrogen-bond donors (Lipinski definition) is 1. The quantitative estimate of drug-likeness (QED) is 0.862. The number of para-hydroxylation sites is 1. The van der Waals surface area contributed by atoms with E-state index >= 15 is 0 Å². The largest absolute Gasteiger partial charge is 0.488 e. The van der Waals surface area contributed by atoms with Crippen LogP contribution in [0.5, 0.6) is 5.75 Å². The summed E-state index contributed by atoms with van der Waals surface area (Å²) in [6.07, 6.45) is 1.08. The van der Waals surface area contributed by atoms with Gasteiger partial charge < -0.3 is 10.5 Å². The van der Waals surface area contributed by atoms with E-state index in [2.05, 4.69) is 35.0 Å². The van der Waals surface area contributed by atoms with E-state index in [0.717, 1.165) is 12.2 Å². The lowest BCUT2D eigenvalue weighted by molar-refractivity contribution is 0.242. The van der Waals surface area contributed by atoms with E-state index in [-0.39, 0.29) is 6.10 Å².